The molecule has 2 aromatic carbocycles. The molecular formula is C22H26ClNO2. The van der Waals surface area contributed by atoms with Gasteiger partial charge in [0.25, 0.3) is 0 Å². The molecule has 26 heavy (non-hydrogen) atoms. The molecule has 0 aromatic heterocycles. The quantitative estimate of drug-likeness (QED) is 0.687. The summed E-state index contributed by atoms with van der Waals surface area (Å²) in [6.07, 6.45) is 4.84. The summed E-state index contributed by atoms with van der Waals surface area (Å²) in [5, 5.41) is 3.61. The van der Waals surface area contributed by atoms with Crippen molar-refractivity contribution in [2.45, 2.75) is 51.4 Å². The van der Waals surface area contributed by atoms with Crippen molar-refractivity contribution in [3.05, 3.63) is 58.6 Å². The zero-order chi connectivity index (χ0) is 18.6. The number of benzene rings is 2. The number of amides is 1. The Morgan fingerprint density at radius 2 is 1.96 bits per heavy atom. The Morgan fingerprint density at radius 3 is 2.62 bits per heavy atom. The number of halogens is 1. The van der Waals surface area contributed by atoms with Crippen molar-refractivity contribution in [1.82, 2.24) is 0 Å². The molecule has 0 atom stereocenters. The highest BCUT2D eigenvalue weighted by Gasteiger charge is 2.42. The topological polar surface area (TPSA) is 38.3 Å². The van der Waals surface area contributed by atoms with Crippen LogP contribution in [-0.4, -0.2) is 12.5 Å². The second-order valence-electron chi connectivity index (χ2n) is 7.11. The summed E-state index contributed by atoms with van der Waals surface area (Å²) < 4.78 is 5.60. The Bertz CT molecular complexity index is 781. The van der Waals surface area contributed by atoms with Crippen molar-refractivity contribution in [2.75, 3.05) is 11.9 Å². The van der Waals surface area contributed by atoms with Gasteiger partial charge in [0.15, 0.2) is 0 Å². The van der Waals surface area contributed by atoms with Crippen molar-refractivity contribution in [3.8, 4) is 5.75 Å². The van der Waals surface area contributed by atoms with E-state index in [9.17, 15) is 4.79 Å². The summed E-state index contributed by atoms with van der Waals surface area (Å²) in [6, 6.07) is 13.8. The van der Waals surface area contributed by atoms with Crippen molar-refractivity contribution in [3.63, 3.8) is 0 Å². The molecule has 3 rings (SSSR count). The molecule has 1 aliphatic carbocycles. The molecule has 138 valence electrons. The number of carbonyl (C=O) groups is 1. The van der Waals surface area contributed by atoms with Crippen LogP contribution in [0.4, 0.5) is 5.69 Å². The van der Waals surface area contributed by atoms with Gasteiger partial charge in [-0.2, -0.15) is 0 Å². The fourth-order valence-corrected chi connectivity index (χ4v) is 3.96. The van der Waals surface area contributed by atoms with E-state index in [1.54, 1.807) is 6.07 Å². The van der Waals surface area contributed by atoms with E-state index in [-0.39, 0.29) is 5.91 Å². The molecular weight excluding hydrogens is 346 g/mol. The summed E-state index contributed by atoms with van der Waals surface area (Å²) in [7, 11) is 0. The second kappa shape index (κ2) is 8.13. The van der Waals surface area contributed by atoms with Crippen LogP contribution in [0.5, 0.6) is 5.75 Å². The maximum atomic E-state index is 13.2. The van der Waals surface area contributed by atoms with E-state index in [1.165, 1.54) is 5.56 Å². The second-order valence-corrected chi connectivity index (χ2v) is 7.51. The van der Waals surface area contributed by atoms with E-state index in [1.807, 2.05) is 18.2 Å². The minimum atomic E-state index is -0.449. The standard InChI is InChI=1S/C22H26ClNO2/c1-3-13-26-20-10-9-18(15-19(20)23)24-21(25)22(11-4-5-12-22)17-8-6-7-16(2)14-17/h6-10,14-15H,3-5,11-13H2,1-2H3,(H,24,25). The molecule has 0 spiro atoms. The smallest absolute Gasteiger partial charge is 0.235 e. The molecule has 0 unspecified atom stereocenters. The first-order valence-corrected chi connectivity index (χ1v) is 9.74. The van der Waals surface area contributed by atoms with Gasteiger partial charge in [0.2, 0.25) is 5.91 Å². The maximum Gasteiger partial charge on any atom is 0.235 e. The summed E-state index contributed by atoms with van der Waals surface area (Å²) in [5.74, 6) is 0.708. The number of hydrogen-bond acceptors (Lipinski definition) is 2. The van der Waals surface area contributed by atoms with Crippen LogP contribution < -0.4 is 10.1 Å². The molecule has 0 radical (unpaired) electrons. The fraction of sp³-hybridized carbons (Fsp3) is 0.409. The average molecular weight is 372 g/mol. The number of ether oxygens (including phenoxy) is 1. The minimum Gasteiger partial charge on any atom is -0.492 e. The number of anilines is 1. The van der Waals surface area contributed by atoms with Gasteiger partial charge in [-0.15, -0.1) is 0 Å². The van der Waals surface area contributed by atoms with Gasteiger partial charge in [-0.3, -0.25) is 4.79 Å². The first-order valence-electron chi connectivity index (χ1n) is 9.36. The first kappa shape index (κ1) is 18.8. The van der Waals surface area contributed by atoms with Gasteiger partial charge in [0.05, 0.1) is 17.0 Å². The van der Waals surface area contributed by atoms with E-state index in [0.29, 0.717) is 23.1 Å². The van der Waals surface area contributed by atoms with Crippen LogP contribution in [0.1, 0.15) is 50.2 Å². The summed E-state index contributed by atoms with van der Waals surface area (Å²) >= 11 is 6.30. The summed E-state index contributed by atoms with van der Waals surface area (Å²) in [5.41, 5.74) is 2.56. The molecule has 0 bridgehead atoms. The monoisotopic (exact) mass is 371 g/mol. The Kier molecular flexibility index (Phi) is 5.87. The number of carbonyl (C=O) groups excluding carboxylic acids is 1. The van der Waals surface area contributed by atoms with Gasteiger partial charge in [-0.1, -0.05) is 61.2 Å². The van der Waals surface area contributed by atoms with Gasteiger partial charge in [-0.25, -0.2) is 0 Å². The van der Waals surface area contributed by atoms with Crippen molar-refractivity contribution in [1.29, 1.82) is 0 Å². The minimum absolute atomic E-state index is 0.0545. The molecule has 2 aromatic rings. The molecule has 0 heterocycles. The highest BCUT2D eigenvalue weighted by molar-refractivity contribution is 6.32. The molecule has 0 aliphatic heterocycles. The Morgan fingerprint density at radius 1 is 1.19 bits per heavy atom. The van der Waals surface area contributed by atoms with E-state index in [0.717, 1.165) is 37.7 Å². The molecule has 1 aliphatic rings. The molecule has 0 saturated heterocycles. The lowest BCUT2D eigenvalue weighted by atomic mass is 9.77. The number of rotatable bonds is 6. The summed E-state index contributed by atoms with van der Waals surface area (Å²) in [4.78, 5) is 13.2. The van der Waals surface area contributed by atoms with Gasteiger partial charge in [0, 0.05) is 5.69 Å². The van der Waals surface area contributed by atoms with E-state index < -0.39 is 5.41 Å². The Labute approximate surface area is 160 Å². The molecule has 1 fully saturated rings. The van der Waals surface area contributed by atoms with Crippen molar-refractivity contribution >= 4 is 23.2 Å². The van der Waals surface area contributed by atoms with Gasteiger partial charge in [-0.05, 0) is 49.9 Å². The third kappa shape index (κ3) is 3.88. The van der Waals surface area contributed by atoms with Gasteiger partial charge in [0.1, 0.15) is 5.75 Å². The maximum absolute atomic E-state index is 13.2. The summed E-state index contributed by atoms with van der Waals surface area (Å²) in [6.45, 7) is 4.75. The lowest BCUT2D eigenvalue weighted by Crippen LogP contribution is -2.38. The predicted octanol–water partition coefficient (Wildman–Crippen LogP) is 5.89. The van der Waals surface area contributed by atoms with Crippen LogP contribution in [0.3, 0.4) is 0 Å². The van der Waals surface area contributed by atoms with E-state index >= 15 is 0 Å². The normalized spacial score (nSPS) is 15.7. The average Bonchev–Trinajstić information content (AvgIpc) is 3.12. The zero-order valence-electron chi connectivity index (χ0n) is 15.5. The first-order chi connectivity index (χ1) is 12.5. The van der Waals surface area contributed by atoms with Crippen LogP contribution in [0.2, 0.25) is 5.02 Å². The third-order valence-electron chi connectivity index (χ3n) is 5.11. The van der Waals surface area contributed by atoms with Crippen LogP contribution >= 0.6 is 11.6 Å². The zero-order valence-corrected chi connectivity index (χ0v) is 16.2. The van der Waals surface area contributed by atoms with Crippen LogP contribution in [0, 0.1) is 6.92 Å². The number of nitrogens with one attached hydrogen (secondary N) is 1. The van der Waals surface area contributed by atoms with E-state index in [4.69, 9.17) is 16.3 Å². The number of hydrogen-bond donors (Lipinski definition) is 1. The van der Waals surface area contributed by atoms with E-state index in [2.05, 4.69) is 37.4 Å². The van der Waals surface area contributed by atoms with Crippen LogP contribution in [-0.2, 0) is 10.2 Å². The fourth-order valence-electron chi connectivity index (χ4n) is 3.73. The molecule has 1 amide bonds. The Balaban J connectivity index is 1.82. The third-order valence-corrected chi connectivity index (χ3v) is 5.41. The SMILES string of the molecule is CCCOc1ccc(NC(=O)C2(c3cccc(C)c3)CCCC2)cc1Cl. The predicted molar refractivity (Wildman–Crippen MR) is 107 cm³/mol. The lowest BCUT2D eigenvalue weighted by Gasteiger charge is -2.28. The largest absolute Gasteiger partial charge is 0.492 e. The highest BCUT2D eigenvalue weighted by Crippen LogP contribution is 2.42. The molecule has 4 heteroatoms. The number of aryl methyl sites for hydroxylation is 1. The van der Waals surface area contributed by atoms with Crippen LogP contribution in [0.25, 0.3) is 0 Å². The molecule has 1 N–H and O–H groups in total. The van der Waals surface area contributed by atoms with Crippen LogP contribution in [0.15, 0.2) is 42.5 Å². The molecule has 1 saturated carbocycles. The lowest BCUT2D eigenvalue weighted by molar-refractivity contribution is -0.121. The Hall–Kier alpha value is -2.00. The highest BCUT2D eigenvalue weighted by atomic mass is 35.5. The molecule has 3 nitrogen and oxygen atoms in total. The van der Waals surface area contributed by atoms with Crippen molar-refractivity contribution in [2.24, 2.45) is 0 Å². The van der Waals surface area contributed by atoms with Crippen molar-refractivity contribution < 1.29 is 9.53 Å². The van der Waals surface area contributed by atoms with Gasteiger partial charge >= 0.3 is 0 Å². The van der Waals surface area contributed by atoms with Gasteiger partial charge < -0.3 is 10.1 Å².